The van der Waals surface area contributed by atoms with E-state index in [0.29, 0.717) is 0 Å². The van der Waals surface area contributed by atoms with Crippen molar-refractivity contribution in [2.45, 2.75) is 13.5 Å². The highest BCUT2D eigenvalue weighted by molar-refractivity contribution is 5.33. The van der Waals surface area contributed by atoms with Gasteiger partial charge in [-0.3, -0.25) is 4.90 Å². The number of likely N-dealkylation sites (N-methyl/N-ethyl adjacent to an activating group) is 2. The number of hydrogen-bond acceptors (Lipinski definition) is 3. The van der Waals surface area contributed by atoms with Crippen molar-refractivity contribution >= 4 is 0 Å². The Bertz CT molecular complexity index is 377. The second kappa shape index (κ2) is 7.90. The standard InChI is InChI=1S/C15H24N2O/c1-5-16-10-13(2)11-17(3)12-14-8-6-7-9-15(14)18-4/h6-9,16H,2,5,10-12H2,1,3-4H3. The Morgan fingerprint density at radius 2 is 2.11 bits per heavy atom. The summed E-state index contributed by atoms with van der Waals surface area (Å²) < 4.78 is 5.35. The lowest BCUT2D eigenvalue weighted by Gasteiger charge is -2.19. The smallest absolute Gasteiger partial charge is 0.123 e. The van der Waals surface area contributed by atoms with Crippen molar-refractivity contribution in [2.24, 2.45) is 0 Å². The third-order valence-corrected chi connectivity index (χ3v) is 2.75. The van der Waals surface area contributed by atoms with Gasteiger partial charge in [0.15, 0.2) is 0 Å². The summed E-state index contributed by atoms with van der Waals surface area (Å²) in [5.74, 6) is 0.946. The van der Waals surface area contributed by atoms with Crippen LogP contribution in [-0.2, 0) is 6.54 Å². The third kappa shape index (κ3) is 4.90. The predicted octanol–water partition coefficient (Wildman–Crippen LogP) is 2.29. The van der Waals surface area contributed by atoms with E-state index < -0.39 is 0 Å². The molecule has 0 radical (unpaired) electrons. The van der Waals surface area contributed by atoms with Crippen molar-refractivity contribution in [1.29, 1.82) is 0 Å². The lowest BCUT2D eigenvalue weighted by atomic mass is 10.2. The molecule has 0 saturated carbocycles. The van der Waals surface area contributed by atoms with Crippen molar-refractivity contribution in [3.05, 3.63) is 42.0 Å². The van der Waals surface area contributed by atoms with E-state index >= 15 is 0 Å². The normalized spacial score (nSPS) is 10.7. The van der Waals surface area contributed by atoms with Gasteiger partial charge >= 0.3 is 0 Å². The highest BCUT2D eigenvalue weighted by Crippen LogP contribution is 2.18. The first kappa shape index (κ1) is 14.7. The summed E-state index contributed by atoms with van der Waals surface area (Å²) in [6, 6.07) is 8.13. The Labute approximate surface area is 110 Å². The van der Waals surface area contributed by atoms with Crippen LogP contribution in [0.5, 0.6) is 5.75 Å². The zero-order chi connectivity index (χ0) is 13.4. The Morgan fingerprint density at radius 3 is 2.78 bits per heavy atom. The van der Waals surface area contributed by atoms with Crippen molar-refractivity contribution in [1.82, 2.24) is 10.2 Å². The molecule has 0 atom stereocenters. The van der Waals surface area contributed by atoms with E-state index in [1.54, 1.807) is 7.11 Å². The van der Waals surface area contributed by atoms with Gasteiger partial charge in [-0.15, -0.1) is 0 Å². The van der Waals surface area contributed by atoms with Crippen LogP contribution in [0, 0.1) is 0 Å². The quantitative estimate of drug-likeness (QED) is 0.714. The van der Waals surface area contributed by atoms with Crippen LogP contribution in [0.25, 0.3) is 0 Å². The van der Waals surface area contributed by atoms with E-state index in [9.17, 15) is 0 Å². The topological polar surface area (TPSA) is 24.5 Å². The van der Waals surface area contributed by atoms with Crippen LogP contribution in [0.2, 0.25) is 0 Å². The maximum Gasteiger partial charge on any atom is 0.123 e. The predicted molar refractivity (Wildman–Crippen MR) is 77.0 cm³/mol. The van der Waals surface area contributed by atoms with Crippen LogP contribution in [0.1, 0.15) is 12.5 Å². The van der Waals surface area contributed by atoms with E-state index in [2.05, 4.69) is 36.8 Å². The van der Waals surface area contributed by atoms with Gasteiger partial charge in [0.25, 0.3) is 0 Å². The largest absolute Gasteiger partial charge is 0.496 e. The molecule has 0 saturated heterocycles. The molecule has 1 aromatic rings. The lowest BCUT2D eigenvalue weighted by molar-refractivity contribution is 0.338. The molecule has 3 heteroatoms. The SMILES string of the molecule is C=C(CNCC)CN(C)Cc1ccccc1OC. The molecule has 1 rings (SSSR count). The first-order valence-corrected chi connectivity index (χ1v) is 6.35. The first-order chi connectivity index (χ1) is 8.67. The van der Waals surface area contributed by atoms with Crippen LogP contribution in [0.4, 0.5) is 0 Å². The van der Waals surface area contributed by atoms with Crippen molar-refractivity contribution in [3.8, 4) is 5.75 Å². The maximum absolute atomic E-state index is 5.35. The molecule has 3 nitrogen and oxygen atoms in total. The molecule has 18 heavy (non-hydrogen) atoms. The molecule has 0 bridgehead atoms. The van der Waals surface area contributed by atoms with Gasteiger partial charge in [0.05, 0.1) is 7.11 Å². The van der Waals surface area contributed by atoms with Gasteiger partial charge in [0.1, 0.15) is 5.75 Å². The Balaban J connectivity index is 2.48. The minimum absolute atomic E-state index is 0.870. The van der Waals surface area contributed by atoms with Crippen LogP contribution in [0.3, 0.4) is 0 Å². The molecule has 0 unspecified atom stereocenters. The molecular formula is C15H24N2O. The molecular weight excluding hydrogens is 224 g/mol. The minimum Gasteiger partial charge on any atom is -0.496 e. The summed E-state index contributed by atoms with van der Waals surface area (Å²) in [7, 11) is 3.81. The highest BCUT2D eigenvalue weighted by atomic mass is 16.5. The van der Waals surface area contributed by atoms with E-state index in [-0.39, 0.29) is 0 Å². The van der Waals surface area contributed by atoms with E-state index in [0.717, 1.165) is 31.9 Å². The lowest BCUT2D eigenvalue weighted by Crippen LogP contribution is -2.25. The van der Waals surface area contributed by atoms with Crippen molar-refractivity contribution < 1.29 is 4.74 Å². The first-order valence-electron chi connectivity index (χ1n) is 6.35. The monoisotopic (exact) mass is 248 g/mol. The second-order valence-electron chi connectivity index (χ2n) is 4.51. The van der Waals surface area contributed by atoms with E-state index in [4.69, 9.17) is 4.74 Å². The van der Waals surface area contributed by atoms with Crippen LogP contribution >= 0.6 is 0 Å². The molecule has 1 aromatic carbocycles. The highest BCUT2D eigenvalue weighted by Gasteiger charge is 2.06. The zero-order valence-electron chi connectivity index (χ0n) is 11.7. The summed E-state index contributed by atoms with van der Waals surface area (Å²) in [6.45, 7) is 9.81. The Kier molecular flexibility index (Phi) is 6.47. The fraction of sp³-hybridized carbons (Fsp3) is 0.467. The fourth-order valence-electron chi connectivity index (χ4n) is 1.92. The summed E-state index contributed by atoms with van der Waals surface area (Å²) in [4.78, 5) is 2.25. The second-order valence-corrected chi connectivity index (χ2v) is 4.51. The molecule has 0 aliphatic carbocycles. The van der Waals surface area contributed by atoms with E-state index in [1.165, 1.54) is 11.1 Å². The number of benzene rings is 1. The molecule has 0 aromatic heterocycles. The van der Waals surface area contributed by atoms with Crippen molar-refractivity contribution in [2.75, 3.05) is 33.8 Å². The van der Waals surface area contributed by atoms with Gasteiger partial charge in [-0.05, 0) is 25.2 Å². The maximum atomic E-state index is 5.35. The number of nitrogens with one attached hydrogen (secondary N) is 1. The number of ether oxygens (including phenoxy) is 1. The van der Waals surface area contributed by atoms with Gasteiger partial charge in [-0.25, -0.2) is 0 Å². The molecule has 0 aliphatic rings. The summed E-state index contributed by atoms with van der Waals surface area (Å²) in [5, 5.41) is 3.29. The Hall–Kier alpha value is -1.32. The van der Waals surface area contributed by atoms with E-state index in [1.807, 2.05) is 18.2 Å². The van der Waals surface area contributed by atoms with Gasteiger partial charge in [0.2, 0.25) is 0 Å². The van der Waals surface area contributed by atoms with Gasteiger partial charge in [-0.2, -0.15) is 0 Å². The number of methoxy groups -OCH3 is 1. The summed E-state index contributed by atoms with van der Waals surface area (Å²) in [5.41, 5.74) is 2.41. The molecule has 100 valence electrons. The van der Waals surface area contributed by atoms with Gasteiger partial charge in [-0.1, -0.05) is 31.7 Å². The van der Waals surface area contributed by atoms with Gasteiger partial charge < -0.3 is 10.1 Å². The summed E-state index contributed by atoms with van der Waals surface area (Å²) in [6.07, 6.45) is 0. The average Bonchev–Trinajstić information content (AvgIpc) is 2.36. The molecule has 0 aliphatic heterocycles. The molecule has 0 heterocycles. The minimum atomic E-state index is 0.870. The van der Waals surface area contributed by atoms with Crippen LogP contribution in [-0.4, -0.2) is 38.7 Å². The number of nitrogens with zero attached hydrogens (tertiary/aromatic N) is 1. The summed E-state index contributed by atoms with van der Waals surface area (Å²) >= 11 is 0. The zero-order valence-corrected chi connectivity index (χ0v) is 11.7. The number of rotatable bonds is 8. The molecule has 0 fully saturated rings. The molecule has 1 N–H and O–H groups in total. The fourth-order valence-corrected chi connectivity index (χ4v) is 1.92. The van der Waals surface area contributed by atoms with Crippen LogP contribution < -0.4 is 10.1 Å². The molecule has 0 spiro atoms. The van der Waals surface area contributed by atoms with Crippen LogP contribution in [0.15, 0.2) is 36.4 Å². The number of hydrogen-bond donors (Lipinski definition) is 1. The Morgan fingerprint density at radius 1 is 1.39 bits per heavy atom. The van der Waals surface area contributed by atoms with Gasteiger partial charge in [0, 0.05) is 25.2 Å². The average molecular weight is 248 g/mol. The van der Waals surface area contributed by atoms with Crippen molar-refractivity contribution in [3.63, 3.8) is 0 Å². The molecule has 0 amide bonds. The number of para-hydroxylation sites is 1. The third-order valence-electron chi connectivity index (χ3n) is 2.75.